The van der Waals surface area contributed by atoms with E-state index in [2.05, 4.69) is 0 Å². The van der Waals surface area contributed by atoms with Crippen molar-refractivity contribution in [1.82, 2.24) is 0 Å². The van der Waals surface area contributed by atoms with Gasteiger partial charge in [0.2, 0.25) is 0 Å². The molecule has 0 aliphatic rings. The van der Waals surface area contributed by atoms with Crippen LogP contribution in [0, 0.1) is 0 Å². The lowest BCUT2D eigenvalue weighted by molar-refractivity contribution is -0.133. The van der Waals surface area contributed by atoms with E-state index < -0.39 is 11.9 Å². The number of carbonyl (C=O) groups is 2. The van der Waals surface area contributed by atoms with E-state index in [4.69, 9.17) is 9.47 Å². The molecule has 0 saturated carbocycles. The second-order valence-electron chi connectivity index (χ2n) is 5.76. The highest BCUT2D eigenvalue weighted by atomic mass is 32.2. The molecule has 142 valence electrons. The number of benzene rings is 3. The summed E-state index contributed by atoms with van der Waals surface area (Å²) in [7, 11) is 0. The molecule has 4 nitrogen and oxygen atoms in total. The summed E-state index contributed by atoms with van der Waals surface area (Å²) in [5.41, 5.74) is 0. The molecule has 0 radical (unpaired) electrons. The summed E-state index contributed by atoms with van der Waals surface area (Å²) < 4.78 is 10.9. The average molecular weight is 411 g/mol. The third kappa shape index (κ3) is 5.65. The highest BCUT2D eigenvalue weighted by Gasteiger charge is 2.17. The third-order valence-corrected chi connectivity index (χ3v) is 5.55. The summed E-state index contributed by atoms with van der Waals surface area (Å²) in [6.07, 6.45) is 0. The van der Waals surface area contributed by atoms with Crippen LogP contribution in [-0.2, 0) is 9.59 Å². The highest BCUT2D eigenvalue weighted by molar-refractivity contribution is 8.00. The molecule has 28 heavy (non-hydrogen) atoms. The summed E-state index contributed by atoms with van der Waals surface area (Å²) in [4.78, 5) is 26.6. The van der Waals surface area contributed by atoms with E-state index in [-0.39, 0.29) is 0 Å². The maximum absolute atomic E-state index is 11.6. The molecule has 0 spiro atoms. The second kappa shape index (κ2) is 9.48. The number of rotatable bonds is 6. The van der Waals surface area contributed by atoms with Crippen molar-refractivity contribution in [3.63, 3.8) is 0 Å². The van der Waals surface area contributed by atoms with Gasteiger partial charge in [-0.15, -0.1) is 0 Å². The van der Waals surface area contributed by atoms with Gasteiger partial charge < -0.3 is 9.47 Å². The molecule has 3 aromatic rings. The minimum Gasteiger partial charge on any atom is -0.425 e. The van der Waals surface area contributed by atoms with Crippen molar-refractivity contribution in [2.24, 2.45) is 0 Å². The molecule has 0 heterocycles. The van der Waals surface area contributed by atoms with Crippen molar-refractivity contribution in [3.8, 4) is 11.5 Å². The van der Waals surface area contributed by atoms with E-state index in [9.17, 15) is 9.59 Å². The van der Waals surface area contributed by atoms with Crippen LogP contribution < -0.4 is 9.47 Å². The van der Waals surface area contributed by atoms with Crippen LogP contribution in [-0.4, -0.2) is 11.9 Å². The lowest BCUT2D eigenvalue weighted by Gasteiger charge is -2.15. The van der Waals surface area contributed by atoms with Crippen molar-refractivity contribution in [3.05, 3.63) is 72.8 Å². The Hall–Kier alpha value is -2.70. The minimum atomic E-state index is -0.411. The standard InChI is InChI=1S/C22H18O4S2/c1-15(23)25-19-13-22(28-18-11-7-4-8-12-18)20(26-16(2)24)14-21(19)27-17-9-5-3-6-10-17/h3-14H,1-2H3. The summed E-state index contributed by atoms with van der Waals surface area (Å²) in [5, 5.41) is 0. The molecule has 0 aromatic heterocycles. The molecule has 0 amide bonds. The fourth-order valence-corrected chi connectivity index (χ4v) is 4.21. The second-order valence-corrected chi connectivity index (χ2v) is 7.99. The zero-order valence-electron chi connectivity index (χ0n) is 15.4. The van der Waals surface area contributed by atoms with Gasteiger partial charge in [-0.2, -0.15) is 0 Å². The Morgan fingerprint density at radius 2 is 1.00 bits per heavy atom. The summed E-state index contributed by atoms with van der Waals surface area (Å²) in [6.45, 7) is 2.72. The van der Waals surface area contributed by atoms with Crippen LogP contribution in [0.5, 0.6) is 11.5 Å². The predicted octanol–water partition coefficient (Wildman–Crippen LogP) is 5.84. The van der Waals surface area contributed by atoms with Crippen molar-refractivity contribution in [1.29, 1.82) is 0 Å². The fourth-order valence-electron chi connectivity index (χ4n) is 2.38. The monoisotopic (exact) mass is 410 g/mol. The lowest BCUT2D eigenvalue weighted by atomic mass is 10.3. The Morgan fingerprint density at radius 1 is 0.643 bits per heavy atom. The van der Waals surface area contributed by atoms with E-state index in [1.54, 1.807) is 12.1 Å². The van der Waals surface area contributed by atoms with Crippen molar-refractivity contribution in [2.75, 3.05) is 0 Å². The van der Waals surface area contributed by atoms with Gasteiger partial charge in [0.15, 0.2) is 0 Å². The van der Waals surface area contributed by atoms with E-state index in [0.29, 0.717) is 21.3 Å². The average Bonchev–Trinajstić information content (AvgIpc) is 2.66. The molecule has 6 heteroatoms. The molecular weight excluding hydrogens is 392 g/mol. The maximum Gasteiger partial charge on any atom is 0.308 e. The predicted molar refractivity (Wildman–Crippen MR) is 110 cm³/mol. The first-order valence-corrected chi connectivity index (χ1v) is 10.2. The molecule has 3 aromatic carbocycles. The van der Waals surface area contributed by atoms with Gasteiger partial charge in [0.1, 0.15) is 11.5 Å². The Labute approximate surface area is 172 Å². The summed E-state index contributed by atoms with van der Waals surface area (Å²) >= 11 is 2.87. The number of hydrogen-bond donors (Lipinski definition) is 0. The van der Waals surface area contributed by atoms with E-state index in [1.165, 1.54) is 37.4 Å². The van der Waals surface area contributed by atoms with Crippen LogP contribution in [0.15, 0.2) is 92.4 Å². The molecule has 0 bridgehead atoms. The van der Waals surface area contributed by atoms with Gasteiger partial charge in [-0.25, -0.2) is 0 Å². The molecule has 0 N–H and O–H groups in total. The van der Waals surface area contributed by atoms with Crippen LogP contribution in [0.4, 0.5) is 0 Å². The first-order valence-electron chi connectivity index (χ1n) is 8.52. The van der Waals surface area contributed by atoms with Gasteiger partial charge in [0.05, 0.1) is 9.79 Å². The summed E-state index contributed by atoms with van der Waals surface area (Å²) in [5.74, 6) is 0.0305. The third-order valence-electron chi connectivity index (χ3n) is 3.46. The molecule has 3 rings (SSSR count). The normalized spacial score (nSPS) is 10.4. The Kier molecular flexibility index (Phi) is 6.79. The topological polar surface area (TPSA) is 52.6 Å². The fraction of sp³-hybridized carbons (Fsp3) is 0.0909. The molecule has 0 fully saturated rings. The van der Waals surface area contributed by atoms with Crippen LogP contribution in [0.3, 0.4) is 0 Å². The van der Waals surface area contributed by atoms with Crippen LogP contribution in [0.25, 0.3) is 0 Å². The van der Waals surface area contributed by atoms with Gasteiger partial charge in [-0.3, -0.25) is 9.59 Å². The van der Waals surface area contributed by atoms with E-state index >= 15 is 0 Å². The largest absolute Gasteiger partial charge is 0.425 e. The van der Waals surface area contributed by atoms with Crippen molar-refractivity contribution in [2.45, 2.75) is 33.4 Å². The number of ether oxygens (including phenoxy) is 2. The quantitative estimate of drug-likeness (QED) is 0.376. The first-order chi connectivity index (χ1) is 13.5. The molecule has 0 aliphatic heterocycles. The molecule has 0 aliphatic carbocycles. The van der Waals surface area contributed by atoms with Crippen molar-refractivity contribution < 1.29 is 19.1 Å². The number of carbonyl (C=O) groups excluding carboxylic acids is 2. The SMILES string of the molecule is CC(=O)Oc1cc(Sc2ccccc2)c(OC(C)=O)cc1Sc1ccccc1. The van der Waals surface area contributed by atoms with Gasteiger partial charge in [-0.05, 0) is 36.4 Å². The smallest absolute Gasteiger partial charge is 0.308 e. The zero-order chi connectivity index (χ0) is 19.9. The van der Waals surface area contributed by atoms with Crippen molar-refractivity contribution >= 4 is 35.5 Å². The van der Waals surface area contributed by atoms with Gasteiger partial charge >= 0.3 is 11.9 Å². The summed E-state index contributed by atoms with van der Waals surface area (Å²) in [6, 6.07) is 22.9. The molecular formula is C22H18O4S2. The van der Waals surface area contributed by atoms with Gasteiger partial charge in [-0.1, -0.05) is 59.9 Å². The Bertz CT molecular complexity index is 891. The molecule has 0 unspecified atom stereocenters. The Balaban J connectivity index is 2.04. The maximum atomic E-state index is 11.6. The molecule has 0 atom stereocenters. The molecule has 0 saturated heterocycles. The van der Waals surface area contributed by atoms with Crippen LogP contribution in [0.1, 0.15) is 13.8 Å². The van der Waals surface area contributed by atoms with Gasteiger partial charge in [0.25, 0.3) is 0 Å². The van der Waals surface area contributed by atoms with E-state index in [0.717, 1.165) is 9.79 Å². The van der Waals surface area contributed by atoms with Gasteiger partial charge in [0, 0.05) is 23.6 Å². The number of esters is 2. The first kappa shape index (κ1) is 20.0. The minimum absolute atomic E-state index is 0.411. The zero-order valence-corrected chi connectivity index (χ0v) is 17.0. The van der Waals surface area contributed by atoms with E-state index in [1.807, 2.05) is 60.7 Å². The van der Waals surface area contributed by atoms with Crippen LogP contribution >= 0.6 is 23.5 Å². The Morgan fingerprint density at radius 3 is 1.32 bits per heavy atom. The van der Waals surface area contributed by atoms with Crippen LogP contribution in [0.2, 0.25) is 0 Å². The lowest BCUT2D eigenvalue weighted by Crippen LogP contribution is -2.06. The number of hydrogen-bond acceptors (Lipinski definition) is 6. The highest BCUT2D eigenvalue weighted by Crippen LogP contribution is 2.44.